The third-order valence-corrected chi connectivity index (χ3v) is 4.15. The van der Waals surface area contributed by atoms with Crippen molar-refractivity contribution < 1.29 is 9.53 Å². The molecule has 0 spiro atoms. The van der Waals surface area contributed by atoms with Gasteiger partial charge >= 0.3 is 0 Å². The number of nitrogens with two attached hydrogens (primary N) is 2. The standard InChI is InChI=1S/C21H21N3O2/c22-19(13-8-15-5-2-1-3-6-15)16-9-11-17(12-10-16)26-21-18(20(23)25)7-4-14-24-21/h1-7,9-12,14,19H,8,13,22H2,(H2,23,25). The highest BCUT2D eigenvalue weighted by Crippen LogP contribution is 2.25. The molecule has 1 atom stereocenters. The highest BCUT2D eigenvalue weighted by molar-refractivity contribution is 5.95. The zero-order valence-corrected chi connectivity index (χ0v) is 14.3. The van der Waals surface area contributed by atoms with E-state index in [-0.39, 0.29) is 17.5 Å². The van der Waals surface area contributed by atoms with E-state index in [1.807, 2.05) is 42.5 Å². The van der Waals surface area contributed by atoms with Crippen molar-refractivity contribution in [1.82, 2.24) is 4.98 Å². The summed E-state index contributed by atoms with van der Waals surface area (Å²) in [5, 5.41) is 0. The number of rotatable bonds is 7. The molecule has 5 heteroatoms. The fraction of sp³-hybridized carbons (Fsp3) is 0.143. The summed E-state index contributed by atoms with van der Waals surface area (Å²) >= 11 is 0. The number of amides is 1. The Morgan fingerprint density at radius 3 is 2.42 bits per heavy atom. The maximum Gasteiger partial charge on any atom is 0.254 e. The van der Waals surface area contributed by atoms with Gasteiger partial charge < -0.3 is 16.2 Å². The molecule has 0 aliphatic rings. The molecule has 0 aliphatic carbocycles. The fourth-order valence-electron chi connectivity index (χ4n) is 2.69. The van der Waals surface area contributed by atoms with Crippen molar-refractivity contribution in [2.75, 3.05) is 0 Å². The Bertz CT molecular complexity index is 864. The summed E-state index contributed by atoms with van der Waals surface area (Å²) < 4.78 is 5.68. The summed E-state index contributed by atoms with van der Waals surface area (Å²) in [5.74, 6) is 0.194. The van der Waals surface area contributed by atoms with Crippen LogP contribution in [0.2, 0.25) is 0 Å². The number of carbonyl (C=O) groups excluding carboxylic acids is 1. The number of benzene rings is 2. The van der Waals surface area contributed by atoms with E-state index < -0.39 is 5.91 Å². The van der Waals surface area contributed by atoms with Gasteiger partial charge in [0, 0.05) is 12.2 Å². The lowest BCUT2D eigenvalue weighted by molar-refractivity contribution is 0.0997. The molecule has 5 nitrogen and oxygen atoms in total. The van der Waals surface area contributed by atoms with Crippen LogP contribution in [0.4, 0.5) is 0 Å². The van der Waals surface area contributed by atoms with Crippen molar-refractivity contribution in [3.05, 3.63) is 89.6 Å². The van der Waals surface area contributed by atoms with Crippen LogP contribution in [0, 0.1) is 0 Å². The zero-order chi connectivity index (χ0) is 18.4. The number of hydrogen-bond acceptors (Lipinski definition) is 4. The van der Waals surface area contributed by atoms with Crippen molar-refractivity contribution in [2.45, 2.75) is 18.9 Å². The van der Waals surface area contributed by atoms with E-state index in [4.69, 9.17) is 16.2 Å². The van der Waals surface area contributed by atoms with E-state index in [1.165, 1.54) is 5.56 Å². The van der Waals surface area contributed by atoms with Gasteiger partial charge in [-0.05, 0) is 48.2 Å². The summed E-state index contributed by atoms with van der Waals surface area (Å²) in [4.78, 5) is 15.5. The molecule has 4 N–H and O–H groups in total. The van der Waals surface area contributed by atoms with Gasteiger partial charge in [0.25, 0.3) is 5.91 Å². The minimum Gasteiger partial charge on any atom is -0.438 e. The smallest absolute Gasteiger partial charge is 0.254 e. The van der Waals surface area contributed by atoms with Crippen LogP contribution < -0.4 is 16.2 Å². The van der Waals surface area contributed by atoms with Gasteiger partial charge in [0.05, 0.1) is 0 Å². The summed E-state index contributed by atoms with van der Waals surface area (Å²) in [6.07, 6.45) is 3.34. The number of pyridine rings is 1. The van der Waals surface area contributed by atoms with Crippen LogP contribution in [-0.2, 0) is 6.42 Å². The molecule has 1 amide bonds. The molecule has 26 heavy (non-hydrogen) atoms. The molecule has 0 saturated carbocycles. The van der Waals surface area contributed by atoms with E-state index in [1.54, 1.807) is 18.3 Å². The van der Waals surface area contributed by atoms with Crippen molar-refractivity contribution in [2.24, 2.45) is 11.5 Å². The van der Waals surface area contributed by atoms with Crippen LogP contribution in [0.5, 0.6) is 11.6 Å². The number of aromatic nitrogens is 1. The van der Waals surface area contributed by atoms with Gasteiger partial charge in [0.15, 0.2) is 0 Å². The Morgan fingerprint density at radius 2 is 1.73 bits per heavy atom. The lowest BCUT2D eigenvalue weighted by Crippen LogP contribution is -2.13. The quantitative estimate of drug-likeness (QED) is 0.683. The summed E-state index contributed by atoms with van der Waals surface area (Å²) in [6, 6.07) is 20.9. The number of ether oxygens (including phenoxy) is 1. The molecule has 3 aromatic rings. The second-order valence-electron chi connectivity index (χ2n) is 6.02. The SMILES string of the molecule is NC(=O)c1cccnc1Oc1ccc(C(N)CCc2ccccc2)cc1. The first-order valence-electron chi connectivity index (χ1n) is 8.45. The lowest BCUT2D eigenvalue weighted by Gasteiger charge is -2.13. The van der Waals surface area contributed by atoms with E-state index in [0.29, 0.717) is 5.75 Å². The number of hydrogen-bond donors (Lipinski definition) is 2. The molecule has 3 rings (SSSR count). The van der Waals surface area contributed by atoms with Gasteiger partial charge in [-0.15, -0.1) is 0 Å². The van der Waals surface area contributed by atoms with Crippen molar-refractivity contribution in [3.8, 4) is 11.6 Å². The second kappa shape index (κ2) is 8.27. The summed E-state index contributed by atoms with van der Waals surface area (Å²) in [5.41, 5.74) is 14.2. The monoisotopic (exact) mass is 347 g/mol. The number of primary amides is 1. The Kier molecular flexibility index (Phi) is 5.61. The zero-order valence-electron chi connectivity index (χ0n) is 14.3. The van der Waals surface area contributed by atoms with Gasteiger partial charge in [-0.3, -0.25) is 4.79 Å². The minimum atomic E-state index is -0.576. The summed E-state index contributed by atoms with van der Waals surface area (Å²) in [7, 11) is 0. The van der Waals surface area contributed by atoms with Crippen LogP contribution in [0.25, 0.3) is 0 Å². The van der Waals surface area contributed by atoms with Crippen LogP contribution in [0.15, 0.2) is 72.9 Å². The molecule has 0 saturated heterocycles. The molecule has 1 unspecified atom stereocenters. The fourth-order valence-corrected chi connectivity index (χ4v) is 2.69. The van der Waals surface area contributed by atoms with Crippen LogP contribution >= 0.6 is 0 Å². The van der Waals surface area contributed by atoms with Crippen LogP contribution in [0.1, 0.15) is 33.9 Å². The molecule has 0 fully saturated rings. The maximum absolute atomic E-state index is 11.4. The molecule has 0 bridgehead atoms. The van der Waals surface area contributed by atoms with E-state index in [9.17, 15) is 4.79 Å². The molecule has 132 valence electrons. The molecule has 1 heterocycles. The third-order valence-electron chi connectivity index (χ3n) is 4.15. The van der Waals surface area contributed by atoms with Gasteiger partial charge in [0.1, 0.15) is 11.3 Å². The van der Waals surface area contributed by atoms with E-state index in [0.717, 1.165) is 18.4 Å². The van der Waals surface area contributed by atoms with E-state index in [2.05, 4.69) is 17.1 Å². The van der Waals surface area contributed by atoms with Crippen LogP contribution in [-0.4, -0.2) is 10.9 Å². The molecular formula is C21H21N3O2. The van der Waals surface area contributed by atoms with Gasteiger partial charge in [-0.2, -0.15) is 0 Å². The Labute approximate surface area is 152 Å². The van der Waals surface area contributed by atoms with Crippen molar-refractivity contribution >= 4 is 5.91 Å². The Hall–Kier alpha value is -3.18. The topological polar surface area (TPSA) is 91.2 Å². The van der Waals surface area contributed by atoms with Crippen molar-refractivity contribution in [3.63, 3.8) is 0 Å². The number of nitrogens with zero attached hydrogens (tertiary/aromatic N) is 1. The molecule has 1 aromatic heterocycles. The second-order valence-corrected chi connectivity index (χ2v) is 6.02. The van der Waals surface area contributed by atoms with E-state index >= 15 is 0 Å². The van der Waals surface area contributed by atoms with Crippen molar-refractivity contribution in [1.29, 1.82) is 0 Å². The van der Waals surface area contributed by atoms with Crippen LogP contribution in [0.3, 0.4) is 0 Å². The molecule has 0 aliphatic heterocycles. The average Bonchev–Trinajstić information content (AvgIpc) is 2.68. The highest BCUT2D eigenvalue weighted by Gasteiger charge is 2.12. The minimum absolute atomic E-state index is 0.0553. The predicted octanol–water partition coefficient (Wildman–Crippen LogP) is 3.61. The molecular weight excluding hydrogens is 326 g/mol. The Morgan fingerprint density at radius 1 is 1.00 bits per heavy atom. The molecule has 0 radical (unpaired) electrons. The largest absolute Gasteiger partial charge is 0.438 e. The summed E-state index contributed by atoms with van der Waals surface area (Å²) in [6.45, 7) is 0. The highest BCUT2D eigenvalue weighted by atomic mass is 16.5. The third kappa shape index (κ3) is 4.46. The predicted molar refractivity (Wildman–Crippen MR) is 101 cm³/mol. The Balaban J connectivity index is 1.64. The number of aryl methyl sites for hydroxylation is 1. The maximum atomic E-state index is 11.4. The first-order valence-corrected chi connectivity index (χ1v) is 8.45. The average molecular weight is 347 g/mol. The first kappa shape index (κ1) is 17.6. The van der Waals surface area contributed by atoms with Gasteiger partial charge in [-0.1, -0.05) is 42.5 Å². The first-order chi connectivity index (χ1) is 12.6. The number of carbonyl (C=O) groups is 1. The molecule has 2 aromatic carbocycles. The van der Waals surface area contributed by atoms with Gasteiger partial charge in [-0.25, -0.2) is 4.98 Å². The normalized spacial score (nSPS) is 11.7. The van der Waals surface area contributed by atoms with Gasteiger partial charge in [0.2, 0.25) is 5.88 Å². The lowest BCUT2D eigenvalue weighted by atomic mass is 10.00.